The van der Waals surface area contributed by atoms with Gasteiger partial charge < -0.3 is 15.0 Å². The summed E-state index contributed by atoms with van der Waals surface area (Å²) in [7, 11) is 0. The SMILES string of the molecule is O=C(O)N1CCC(c2cc(=O)[nH]c3c4c(-c5nccs5)cccc4nn23)CC1. The zero-order valence-electron chi connectivity index (χ0n) is 14.8. The smallest absolute Gasteiger partial charge is 0.407 e. The van der Waals surface area contributed by atoms with Gasteiger partial charge in [-0.25, -0.2) is 14.3 Å². The van der Waals surface area contributed by atoms with Crippen molar-refractivity contribution in [2.75, 3.05) is 13.1 Å². The van der Waals surface area contributed by atoms with E-state index in [0.717, 1.165) is 27.2 Å². The molecule has 4 aromatic rings. The van der Waals surface area contributed by atoms with Crippen molar-refractivity contribution in [2.24, 2.45) is 0 Å². The van der Waals surface area contributed by atoms with Crippen LogP contribution >= 0.6 is 11.3 Å². The Kier molecular flexibility index (Phi) is 3.90. The molecule has 5 rings (SSSR count). The fraction of sp³-hybridized carbons (Fsp3) is 0.263. The van der Waals surface area contributed by atoms with Crippen LogP contribution in [0.2, 0.25) is 0 Å². The standard InChI is InChI=1S/C19H17N5O3S/c25-15-10-14(11-4-7-23(8-5-11)19(26)27)24-17(21-15)16-12(18-20-6-9-28-18)2-1-3-13(16)22-24/h1-3,6,9-11H,4-5,7-8H2,(H,21,25)(H,26,27). The number of piperidine rings is 1. The highest BCUT2D eigenvalue weighted by atomic mass is 32.1. The summed E-state index contributed by atoms with van der Waals surface area (Å²) in [4.78, 5) is 32.4. The second-order valence-electron chi connectivity index (χ2n) is 6.90. The lowest BCUT2D eigenvalue weighted by Gasteiger charge is -2.30. The van der Waals surface area contributed by atoms with Crippen molar-refractivity contribution in [1.29, 1.82) is 0 Å². The maximum Gasteiger partial charge on any atom is 0.407 e. The van der Waals surface area contributed by atoms with Gasteiger partial charge in [0.15, 0.2) is 0 Å². The molecule has 0 saturated carbocycles. The van der Waals surface area contributed by atoms with Gasteiger partial charge in [-0.15, -0.1) is 11.3 Å². The van der Waals surface area contributed by atoms with E-state index < -0.39 is 6.09 Å². The molecule has 28 heavy (non-hydrogen) atoms. The van der Waals surface area contributed by atoms with E-state index in [4.69, 9.17) is 5.10 Å². The van der Waals surface area contributed by atoms with Gasteiger partial charge in [0.25, 0.3) is 5.56 Å². The summed E-state index contributed by atoms with van der Waals surface area (Å²) < 4.78 is 1.81. The molecule has 3 aromatic heterocycles. The fourth-order valence-corrected chi connectivity index (χ4v) is 4.65. The van der Waals surface area contributed by atoms with Gasteiger partial charge in [-0.05, 0) is 18.9 Å². The number of hydrogen-bond donors (Lipinski definition) is 2. The molecule has 9 heteroatoms. The van der Waals surface area contributed by atoms with Crippen molar-refractivity contribution in [2.45, 2.75) is 18.8 Å². The van der Waals surface area contributed by atoms with Crippen LogP contribution in [0.3, 0.4) is 0 Å². The Morgan fingerprint density at radius 2 is 2.11 bits per heavy atom. The Hall–Kier alpha value is -3.20. The van der Waals surface area contributed by atoms with Gasteiger partial charge in [0.2, 0.25) is 0 Å². The minimum absolute atomic E-state index is 0.0815. The minimum Gasteiger partial charge on any atom is -0.465 e. The average Bonchev–Trinajstić information content (AvgIpc) is 3.35. The number of fused-ring (bicyclic) bond motifs is 3. The Morgan fingerprint density at radius 3 is 2.82 bits per heavy atom. The summed E-state index contributed by atoms with van der Waals surface area (Å²) in [6.07, 6.45) is 2.20. The highest BCUT2D eigenvalue weighted by molar-refractivity contribution is 7.13. The normalized spacial score (nSPS) is 15.5. The second-order valence-corrected chi connectivity index (χ2v) is 7.79. The number of aromatic amines is 1. The van der Waals surface area contributed by atoms with Crippen LogP contribution in [-0.2, 0) is 0 Å². The largest absolute Gasteiger partial charge is 0.465 e. The van der Waals surface area contributed by atoms with Crippen molar-refractivity contribution in [1.82, 2.24) is 24.5 Å². The molecule has 1 aromatic carbocycles. The number of nitrogens with one attached hydrogen (secondary N) is 1. The van der Waals surface area contributed by atoms with E-state index in [1.807, 2.05) is 28.1 Å². The van der Waals surface area contributed by atoms with Crippen molar-refractivity contribution in [3.05, 3.63) is 51.9 Å². The number of likely N-dealkylation sites (tertiary alicyclic amines) is 1. The van der Waals surface area contributed by atoms with Crippen LogP contribution < -0.4 is 5.56 Å². The number of rotatable bonds is 2. The first-order valence-corrected chi connectivity index (χ1v) is 9.92. The molecule has 1 aliphatic heterocycles. The number of carboxylic acid groups (broad SMARTS) is 1. The highest BCUT2D eigenvalue weighted by Crippen LogP contribution is 2.34. The van der Waals surface area contributed by atoms with Crippen molar-refractivity contribution in [3.63, 3.8) is 0 Å². The molecule has 0 radical (unpaired) electrons. The molecule has 1 saturated heterocycles. The predicted molar refractivity (Wildman–Crippen MR) is 106 cm³/mol. The van der Waals surface area contributed by atoms with E-state index in [2.05, 4.69) is 9.97 Å². The summed E-state index contributed by atoms with van der Waals surface area (Å²) in [6.45, 7) is 0.916. The first kappa shape index (κ1) is 16.9. The lowest BCUT2D eigenvalue weighted by molar-refractivity contribution is 0.131. The molecule has 8 nitrogen and oxygen atoms in total. The molecule has 1 aliphatic rings. The maximum atomic E-state index is 12.4. The third kappa shape index (κ3) is 2.66. The third-order valence-electron chi connectivity index (χ3n) is 5.31. The topological polar surface area (TPSA) is 104 Å². The van der Waals surface area contributed by atoms with Crippen molar-refractivity contribution in [3.8, 4) is 10.6 Å². The Balaban J connectivity index is 1.68. The lowest BCUT2D eigenvalue weighted by Crippen LogP contribution is -2.37. The Labute approximate surface area is 163 Å². The fourth-order valence-electron chi connectivity index (χ4n) is 3.98. The molecule has 0 unspecified atom stereocenters. The second kappa shape index (κ2) is 6.45. The molecule has 0 atom stereocenters. The van der Waals surface area contributed by atoms with E-state index in [9.17, 15) is 14.7 Å². The molecule has 1 amide bonds. The molecular formula is C19H17N5O3S. The van der Waals surface area contributed by atoms with Crippen LogP contribution in [0.4, 0.5) is 4.79 Å². The number of benzene rings is 1. The average molecular weight is 395 g/mol. The Bertz CT molecular complexity index is 1240. The lowest BCUT2D eigenvalue weighted by atomic mass is 9.93. The van der Waals surface area contributed by atoms with E-state index in [1.54, 1.807) is 23.6 Å². The summed E-state index contributed by atoms with van der Waals surface area (Å²) >= 11 is 1.54. The zero-order valence-corrected chi connectivity index (χ0v) is 15.6. The minimum atomic E-state index is -0.896. The first-order valence-electron chi connectivity index (χ1n) is 9.04. The van der Waals surface area contributed by atoms with Crippen LogP contribution in [-0.4, -0.2) is 48.8 Å². The summed E-state index contributed by atoms with van der Waals surface area (Å²) in [5, 5.41) is 17.6. The monoisotopic (exact) mass is 395 g/mol. The highest BCUT2D eigenvalue weighted by Gasteiger charge is 2.26. The number of hydrogen-bond acceptors (Lipinski definition) is 5. The summed E-state index contributed by atoms with van der Waals surface area (Å²) in [5.41, 5.74) is 3.03. The maximum absolute atomic E-state index is 12.4. The quantitative estimate of drug-likeness (QED) is 0.543. The van der Waals surface area contributed by atoms with Crippen LogP contribution in [0, 0.1) is 0 Å². The number of amides is 1. The van der Waals surface area contributed by atoms with Crippen LogP contribution in [0.25, 0.3) is 27.1 Å². The van der Waals surface area contributed by atoms with Crippen LogP contribution in [0.5, 0.6) is 0 Å². The Morgan fingerprint density at radius 1 is 1.29 bits per heavy atom. The number of carbonyl (C=O) groups is 1. The van der Waals surface area contributed by atoms with Gasteiger partial charge in [0.05, 0.1) is 16.6 Å². The predicted octanol–water partition coefficient (Wildman–Crippen LogP) is 3.16. The zero-order chi connectivity index (χ0) is 19.3. The van der Waals surface area contributed by atoms with Crippen LogP contribution in [0.1, 0.15) is 24.5 Å². The van der Waals surface area contributed by atoms with E-state index in [1.165, 1.54) is 4.90 Å². The van der Waals surface area contributed by atoms with Gasteiger partial charge in [-0.2, -0.15) is 5.10 Å². The molecule has 0 spiro atoms. The number of thiazole rings is 1. The van der Waals surface area contributed by atoms with Gasteiger partial charge >= 0.3 is 6.09 Å². The molecule has 1 fully saturated rings. The molecular weight excluding hydrogens is 378 g/mol. The first-order chi connectivity index (χ1) is 13.6. The molecule has 2 N–H and O–H groups in total. The number of H-pyrrole nitrogens is 1. The van der Waals surface area contributed by atoms with E-state index in [-0.39, 0.29) is 11.5 Å². The number of aromatic nitrogens is 4. The summed E-state index contributed by atoms with van der Waals surface area (Å²) in [6, 6.07) is 7.44. The van der Waals surface area contributed by atoms with Gasteiger partial charge in [-0.3, -0.25) is 4.79 Å². The van der Waals surface area contributed by atoms with Gasteiger partial charge in [0.1, 0.15) is 10.7 Å². The molecule has 4 heterocycles. The van der Waals surface area contributed by atoms with E-state index >= 15 is 0 Å². The third-order valence-corrected chi connectivity index (χ3v) is 6.12. The molecule has 142 valence electrons. The van der Waals surface area contributed by atoms with Gasteiger partial charge in [-0.1, -0.05) is 12.1 Å². The summed E-state index contributed by atoms with van der Waals surface area (Å²) in [5.74, 6) is 0.0815. The van der Waals surface area contributed by atoms with Crippen molar-refractivity contribution >= 4 is 34.0 Å². The van der Waals surface area contributed by atoms with E-state index in [0.29, 0.717) is 31.6 Å². The van der Waals surface area contributed by atoms with Gasteiger partial charge in [0, 0.05) is 42.2 Å². The van der Waals surface area contributed by atoms with Crippen LogP contribution in [0.15, 0.2) is 40.6 Å². The number of nitrogens with zero attached hydrogens (tertiary/aromatic N) is 4. The molecule has 0 aliphatic carbocycles. The molecule has 0 bridgehead atoms. The van der Waals surface area contributed by atoms with Crippen molar-refractivity contribution < 1.29 is 9.90 Å².